The van der Waals surface area contributed by atoms with Crippen molar-refractivity contribution in [2.75, 3.05) is 19.7 Å². The van der Waals surface area contributed by atoms with E-state index in [-0.39, 0.29) is 18.4 Å². The maximum absolute atomic E-state index is 12.0. The zero-order valence-corrected chi connectivity index (χ0v) is 10.7. The fourth-order valence-electron chi connectivity index (χ4n) is 2.33. The van der Waals surface area contributed by atoms with Crippen LogP contribution < -0.4 is 5.73 Å². The van der Waals surface area contributed by atoms with Crippen LogP contribution in [0.4, 0.5) is 0 Å². The van der Waals surface area contributed by atoms with Crippen molar-refractivity contribution in [1.29, 1.82) is 0 Å². The van der Waals surface area contributed by atoms with Crippen LogP contribution in [-0.4, -0.2) is 52.9 Å². The topological polar surface area (TPSA) is 86.8 Å². The van der Waals surface area contributed by atoms with Crippen molar-refractivity contribution in [3.63, 3.8) is 0 Å². The second-order valence-corrected chi connectivity index (χ2v) is 5.42. The molecule has 100 valence electrons. The highest BCUT2D eigenvalue weighted by molar-refractivity contribution is 5.81. The van der Waals surface area contributed by atoms with Crippen molar-refractivity contribution in [3.8, 4) is 0 Å². The Labute approximate surface area is 103 Å². The summed E-state index contributed by atoms with van der Waals surface area (Å²) in [5, 5.41) is 18.8. The van der Waals surface area contributed by atoms with Crippen LogP contribution in [0.2, 0.25) is 0 Å². The van der Waals surface area contributed by atoms with E-state index < -0.39 is 12.1 Å². The van der Waals surface area contributed by atoms with Gasteiger partial charge in [-0.1, -0.05) is 13.8 Å². The van der Waals surface area contributed by atoms with E-state index in [1.54, 1.807) is 4.90 Å². The Kier molecular flexibility index (Phi) is 5.36. The highest BCUT2D eigenvalue weighted by atomic mass is 16.3. The molecule has 1 aliphatic rings. The quantitative estimate of drug-likeness (QED) is 0.626. The summed E-state index contributed by atoms with van der Waals surface area (Å²) in [7, 11) is 0. The molecule has 3 atom stereocenters. The summed E-state index contributed by atoms with van der Waals surface area (Å²) in [6.45, 7) is 4.88. The molecular weight excluding hydrogens is 220 g/mol. The van der Waals surface area contributed by atoms with Crippen molar-refractivity contribution < 1.29 is 15.0 Å². The Morgan fingerprint density at radius 1 is 1.47 bits per heavy atom. The van der Waals surface area contributed by atoms with Gasteiger partial charge in [-0.25, -0.2) is 0 Å². The first-order valence-electron chi connectivity index (χ1n) is 6.27. The number of piperidine rings is 1. The van der Waals surface area contributed by atoms with Crippen LogP contribution in [-0.2, 0) is 4.79 Å². The van der Waals surface area contributed by atoms with E-state index in [0.717, 1.165) is 0 Å². The molecule has 0 saturated carbocycles. The molecule has 1 fully saturated rings. The summed E-state index contributed by atoms with van der Waals surface area (Å²) >= 11 is 0. The number of hydrogen-bond donors (Lipinski definition) is 3. The van der Waals surface area contributed by atoms with Crippen LogP contribution >= 0.6 is 0 Å². The van der Waals surface area contributed by atoms with Gasteiger partial charge in [-0.15, -0.1) is 0 Å². The fraction of sp³-hybridized carbons (Fsp3) is 0.917. The summed E-state index contributed by atoms with van der Waals surface area (Å²) in [6.07, 6.45) is 0.658. The standard InChI is InChI=1S/C12H24N2O3/c1-8(2)3-11(13)12(17)14-5-9(7-15)4-10(16)6-14/h8-11,15-16H,3-7,13H2,1-2H3. The molecule has 5 heteroatoms. The molecular formula is C12H24N2O3. The summed E-state index contributed by atoms with van der Waals surface area (Å²) in [5.41, 5.74) is 5.85. The van der Waals surface area contributed by atoms with Crippen LogP contribution in [0.3, 0.4) is 0 Å². The molecule has 1 saturated heterocycles. The first kappa shape index (κ1) is 14.4. The lowest BCUT2D eigenvalue weighted by Crippen LogP contribution is -2.52. The molecule has 1 aliphatic heterocycles. The number of hydrogen-bond acceptors (Lipinski definition) is 4. The van der Waals surface area contributed by atoms with Gasteiger partial charge in [0.2, 0.25) is 5.91 Å². The van der Waals surface area contributed by atoms with Crippen molar-refractivity contribution in [2.45, 2.75) is 38.8 Å². The number of amides is 1. The van der Waals surface area contributed by atoms with Crippen LogP contribution in [0.1, 0.15) is 26.7 Å². The summed E-state index contributed by atoms with van der Waals surface area (Å²) < 4.78 is 0. The van der Waals surface area contributed by atoms with Gasteiger partial charge in [-0.05, 0) is 18.8 Å². The molecule has 17 heavy (non-hydrogen) atoms. The SMILES string of the molecule is CC(C)CC(N)C(=O)N1CC(O)CC(CO)C1. The van der Waals surface area contributed by atoms with Gasteiger partial charge in [-0.3, -0.25) is 4.79 Å². The molecule has 0 spiro atoms. The van der Waals surface area contributed by atoms with Crippen LogP contribution in [0.15, 0.2) is 0 Å². The lowest BCUT2D eigenvalue weighted by atomic mass is 9.95. The molecule has 1 amide bonds. The van der Waals surface area contributed by atoms with Crippen LogP contribution in [0.5, 0.6) is 0 Å². The van der Waals surface area contributed by atoms with Gasteiger partial charge in [-0.2, -0.15) is 0 Å². The largest absolute Gasteiger partial charge is 0.396 e. The molecule has 1 rings (SSSR count). The van der Waals surface area contributed by atoms with E-state index in [9.17, 15) is 9.90 Å². The second-order valence-electron chi connectivity index (χ2n) is 5.42. The highest BCUT2D eigenvalue weighted by Gasteiger charge is 2.30. The number of aliphatic hydroxyl groups is 2. The Balaban J connectivity index is 2.55. The van der Waals surface area contributed by atoms with Gasteiger partial charge < -0.3 is 20.8 Å². The van der Waals surface area contributed by atoms with E-state index in [2.05, 4.69) is 0 Å². The third-order valence-electron chi connectivity index (χ3n) is 3.13. The van der Waals surface area contributed by atoms with E-state index in [0.29, 0.717) is 31.8 Å². The number of rotatable bonds is 4. The average Bonchev–Trinajstić information content (AvgIpc) is 2.26. The molecule has 0 radical (unpaired) electrons. The first-order chi connectivity index (χ1) is 7.93. The van der Waals surface area contributed by atoms with Gasteiger partial charge in [0.15, 0.2) is 0 Å². The smallest absolute Gasteiger partial charge is 0.239 e. The molecule has 0 bridgehead atoms. The van der Waals surface area contributed by atoms with Gasteiger partial charge in [0.05, 0.1) is 12.1 Å². The summed E-state index contributed by atoms with van der Waals surface area (Å²) in [6, 6.07) is -0.500. The first-order valence-corrected chi connectivity index (χ1v) is 6.27. The van der Waals surface area contributed by atoms with Gasteiger partial charge >= 0.3 is 0 Å². The maximum Gasteiger partial charge on any atom is 0.239 e. The monoisotopic (exact) mass is 244 g/mol. The van der Waals surface area contributed by atoms with Crippen LogP contribution in [0, 0.1) is 11.8 Å². The molecule has 5 nitrogen and oxygen atoms in total. The number of carbonyl (C=O) groups excluding carboxylic acids is 1. The fourth-order valence-corrected chi connectivity index (χ4v) is 2.33. The Morgan fingerprint density at radius 3 is 2.65 bits per heavy atom. The maximum atomic E-state index is 12.0. The Morgan fingerprint density at radius 2 is 2.12 bits per heavy atom. The Bertz CT molecular complexity index is 258. The number of nitrogens with zero attached hydrogens (tertiary/aromatic N) is 1. The number of aliphatic hydroxyl groups excluding tert-OH is 2. The van der Waals surface area contributed by atoms with Crippen LogP contribution in [0.25, 0.3) is 0 Å². The lowest BCUT2D eigenvalue weighted by molar-refractivity contribution is -0.138. The third-order valence-corrected chi connectivity index (χ3v) is 3.13. The van der Waals surface area contributed by atoms with E-state index >= 15 is 0 Å². The molecule has 0 aliphatic carbocycles. The van der Waals surface area contributed by atoms with Crippen molar-refractivity contribution in [1.82, 2.24) is 4.90 Å². The number of β-amino-alcohol motifs (C(OH)–C–C–N with tert-alkyl or cyclic N) is 1. The van der Waals surface area contributed by atoms with Gasteiger partial charge in [0.25, 0.3) is 0 Å². The van der Waals surface area contributed by atoms with Gasteiger partial charge in [0.1, 0.15) is 0 Å². The molecule has 0 aromatic heterocycles. The Hall–Kier alpha value is -0.650. The third kappa shape index (κ3) is 4.26. The lowest BCUT2D eigenvalue weighted by Gasteiger charge is -2.36. The minimum Gasteiger partial charge on any atom is -0.396 e. The summed E-state index contributed by atoms with van der Waals surface area (Å²) in [4.78, 5) is 13.6. The highest BCUT2D eigenvalue weighted by Crippen LogP contribution is 2.18. The molecule has 0 aromatic carbocycles. The predicted molar refractivity (Wildman–Crippen MR) is 65.2 cm³/mol. The predicted octanol–water partition coefficient (Wildman–Crippen LogP) is -0.438. The number of carbonyl (C=O) groups is 1. The van der Waals surface area contributed by atoms with Gasteiger partial charge in [0, 0.05) is 25.6 Å². The molecule has 1 heterocycles. The minimum absolute atomic E-state index is 0.000257. The number of nitrogens with two attached hydrogens (primary N) is 1. The normalized spacial score (nSPS) is 27.3. The van der Waals surface area contributed by atoms with E-state index in [1.807, 2.05) is 13.8 Å². The van der Waals surface area contributed by atoms with Crippen molar-refractivity contribution in [3.05, 3.63) is 0 Å². The minimum atomic E-state index is -0.545. The van der Waals surface area contributed by atoms with Crippen molar-refractivity contribution >= 4 is 5.91 Å². The summed E-state index contributed by atoms with van der Waals surface area (Å²) in [5.74, 6) is 0.224. The zero-order valence-electron chi connectivity index (χ0n) is 10.7. The van der Waals surface area contributed by atoms with Crippen molar-refractivity contribution in [2.24, 2.45) is 17.6 Å². The second kappa shape index (κ2) is 6.33. The number of likely N-dealkylation sites (tertiary alicyclic amines) is 1. The average molecular weight is 244 g/mol. The van der Waals surface area contributed by atoms with E-state index in [4.69, 9.17) is 10.8 Å². The molecule has 3 unspecified atom stereocenters. The zero-order chi connectivity index (χ0) is 13.0. The van der Waals surface area contributed by atoms with E-state index in [1.165, 1.54) is 0 Å². The molecule has 4 N–H and O–H groups in total. The molecule has 0 aromatic rings.